The van der Waals surface area contributed by atoms with Crippen LogP contribution in [-0.2, 0) is 23.9 Å². The second-order valence-corrected chi connectivity index (χ2v) is 12.9. The van der Waals surface area contributed by atoms with Crippen molar-refractivity contribution in [1.29, 1.82) is 0 Å². The lowest BCUT2D eigenvalue weighted by molar-refractivity contribution is 0.270. The van der Waals surface area contributed by atoms with Crippen molar-refractivity contribution in [3.05, 3.63) is 88.2 Å². The zero-order valence-electron chi connectivity index (χ0n) is 22.8. The first-order valence-corrected chi connectivity index (χ1v) is 13.5. The van der Waals surface area contributed by atoms with Gasteiger partial charge in [-0.2, -0.15) is 0 Å². The van der Waals surface area contributed by atoms with Crippen molar-refractivity contribution in [3.63, 3.8) is 0 Å². The third-order valence-corrected chi connectivity index (χ3v) is 7.22. The van der Waals surface area contributed by atoms with E-state index in [4.69, 9.17) is 0 Å². The number of phenolic OH excluding ortho intramolecular Hbond substituents is 1. The fraction of sp³-hybridized carbons (Fsp3) is 0.452. The molecule has 0 unspecified atom stereocenters. The quantitative estimate of drug-likeness (QED) is 0.327. The molecule has 4 heteroatoms. The lowest BCUT2D eigenvalue weighted by atomic mass is 9.80. The minimum Gasteiger partial charge on any atom is -0.506 e. The van der Waals surface area contributed by atoms with Gasteiger partial charge in [-0.25, -0.2) is 0 Å². The first kappa shape index (κ1) is 27.3. The van der Waals surface area contributed by atoms with Crippen LogP contribution < -0.4 is 0 Å². The fourth-order valence-electron chi connectivity index (χ4n) is 4.36. The Morgan fingerprint density at radius 3 is 2.11 bits per heavy atom. The van der Waals surface area contributed by atoms with Gasteiger partial charge >= 0.3 is 0 Å². The van der Waals surface area contributed by atoms with Gasteiger partial charge in [0, 0.05) is 42.0 Å². The van der Waals surface area contributed by atoms with E-state index in [0.717, 1.165) is 41.5 Å². The molecule has 0 aliphatic rings. The molecule has 0 bridgehead atoms. The van der Waals surface area contributed by atoms with Crippen molar-refractivity contribution in [1.82, 2.24) is 9.88 Å². The minimum atomic E-state index is -0.116. The zero-order valence-corrected chi connectivity index (χ0v) is 23.6. The van der Waals surface area contributed by atoms with Crippen LogP contribution in [0.5, 0.6) is 5.75 Å². The predicted octanol–water partition coefficient (Wildman–Crippen LogP) is 7.79. The van der Waals surface area contributed by atoms with Crippen LogP contribution >= 0.6 is 11.8 Å². The van der Waals surface area contributed by atoms with Crippen LogP contribution in [0.2, 0.25) is 0 Å². The average Bonchev–Trinajstić information content (AvgIpc) is 2.73. The van der Waals surface area contributed by atoms with E-state index in [2.05, 4.69) is 108 Å². The molecular weight excluding hydrogens is 448 g/mol. The smallest absolute Gasteiger partial charge is 0.132 e. The van der Waals surface area contributed by atoms with Crippen molar-refractivity contribution < 1.29 is 5.11 Å². The monoisotopic (exact) mass is 490 g/mol. The van der Waals surface area contributed by atoms with Crippen LogP contribution in [-0.4, -0.2) is 27.3 Å². The van der Waals surface area contributed by atoms with Crippen LogP contribution in [0.15, 0.2) is 59.6 Å². The molecule has 0 amide bonds. The van der Waals surface area contributed by atoms with E-state index in [1.807, 2.05) is 12.3 Å². The summed E-state index contributed by atoms with van der Waals surface area (Å²) < 4.78 is 0. The number of aryl methyl sites for hydroxylation is 2. The normalized spacial score (nSPS) is 12.4. The highest BCUT2D eigenvalue weighted by molar-refractivity contribution is 7.99. The Morgan fingerprint density at radius 1 is 0.857 bits per heavy atom. The topological polar surface area (TPSA) is 36.4 Å². The highest BCUT2D eigenvalue weighted by Crippen LogP contribution is 2.41. The van der Waals surface area contributed by atoms with Crippen molar-refractivity contribution in [2.45, 2.75) is 84.2 Å². The van der Waals surface area contributed by atoms with Crippen molar-refractivity contribution in [2.24, 2.45) is 0 Å². The first-order valence-electron chi connectivity index (χ1n) is 12.5. The summed E-state index contributed by atoms with van der Waals surface area (Å²) in [6, 6.07) is 17.3. The Labute approximate surface area is 217 Å². The molecular formula is C31H42N2OS. The third kappa shape index (κ3) is 7.85. The number of phenols is 1. The van der Waals surface area contributed by atoms with E-state index in [1.165, 1.54) is 22.3 Å². The number of pyridine rings is 1. The summed E-state index contributed by atoms with van der Waals surface area (Å²) in [6.07, 6.45) is 1.86. The highest BCUT2D eigenvalue weighted by atomic mass is 32.2. The van der Waals surface area contributed by atoms with Gasteiger partial charge in [0.05, 0.1) is 5.69 Å². The molecule has 0 saturated carbocycles. The van der Waals surface area contributed by atoms with E-state index in [-0.39, 0.29) is 10.8 Å². The van der Waals surface area contributed by atoms with Crippen molar-refractivity contribution in [2.75, 3.05) is 12.3 Å². The van der Waals surface area contributed by atoms with Gasteiger partial charge in [-0.15, -0.1) is 11.8 Å². The van der Waals surface area contributed by atoms with Gasteiger partial charge < -0.3 is 5.11 Å². The Morgan fingerprint density at radius 2 is 1.54 bits per heavy atom. The summed E-state index contributed by atoms with van der Waals surface area (Å²) in [5.74, 6) is 1.32. The molecule has 0 aliphatic carbocycles. The molecule has 3 nitrogen and oxygen atoms in total. The van der Waals surface area contributed by atoms with Crippen LogP contribution in [0.3, 0.4) is 0 Å². The van der Waals surface area contributed by atoms with E-state index < -0.39 is 0 Å². The number of aromatic hydroxyl groups is 1. The molecule has 0 fully saturated rings. The number of benzene rings is 2. The van der Waals surface area contributed by atoms with Crippen LogP contribution in [0.4, 0.5) is 0 Å². The van der Waals surface area contributed by atoms with Gasteiger partial charge in [-0.3, -0.25) is 9.88 Å². The SMILES string of the molecule is Cc1cc(C)cc(CN(CCSc2cc(C(C)(C)C)cc(C(C)(C)C)c2O)Cc2ccccn2)c1. The number of hydrogen-bond donors (Lipinski definition) is 1. The number of aromatic nitrogens is 1. The molecule has 0 atom stereocenters. The molecule has 3 aromatic rings. The average molecular weight is 491 g/mol. The van der Waals surface area contributed by atoms with Crippen LogP contribution in [0.25, 0.3) is 0 Å². The molecule has 0 spiro atoms. The number of rotatable bonds is 8. The Bertz CT molecular complexity index is 1110. The van der Waals surface area contributed by atoms with Crippen LogP contribution in [0, 0.1) is 13.8 Å². The van der Waals surface area contributed by atoms with E-state index in [9.17, 15) is 5.11 Å². The molecule has 1 N–H and O–H groups in total. The molecule has 3 rings (SSSR count). The number of hydrogen-bond acceptors (Lipinski definition) is 4. The molecule has 35 heavy (non-hydrogen) atoms. The van der Waals surface area contributed by atoms with Gasteiger partial charge in [-0.05, 0) is 54.0 Å². The molecule has 2 aromatic carbocycles. The zero-order chi connectivity index (χ0) is 25.8. The molecule has 0 aliphatic heterocycles. The molecule has 1 aromatic heterocycles. The summed E-state index contributed by atoms with van der Waals surface area (Å²) >= 11 is 1.75. The van der Waals surface area contributed by atoms with Crippen molar-refractivity contribution in [3.8, 4) is 5.75 Å². The van der Waals surface area contributed by atoms with Crippen LogP contribution in [0.1, 0.15) is 75.1 Å². The Balaban J connectivity index is 1.81. The maximum Gasteiger partial charge on any atom is 0.132 e. The first-order chi connectivity index (χ1) is 16.3. The fourth-order valence-corrected chi connectivity index (χ4v) is 5.39. The Hall–Kier alpha value is -2.30. The van der Waals surface area contributed by atoms with Crippen molar-refractivity contribution >= 4 is 11.8 Å². The maximum absolute atomic E-state index is 11.2. The molecule has 0 saturated heterocycles. The lowest BCUT2D eigenvalue weighted by Gasteiger charge is -2.28. The maximum atomic E-state index is 11.2. The summed E-state index contributed by atoms with van der Waals surface area (Å²) in [7, 11) is 0. The number of thioether (sulfide) groups is 1. The molecule has 1 heterocycles. The van der Waals surface area contributed by atoms with Gasteiger partial charge in [0.15, 0.2) is 0 Å². The second kappa shape index (κ2) is 11.2. The summed E-state index contributed by atoms with van der Waals surface area (Å²) in [6.45, 7) is 20.1. The minimum absolute atomic E-state index is 0.0249. The van der Waals surface area contributed by atoms with Gasteiger partial charge in [0.1, 0.15) is 5.75 Å². The number of nitrogens with zero attached hydrogens (tertiary/aromatic N) is 2. The van der Waals surface area contributed by atoms with Gasteiger partial charge in [0.2, 0.25) is 0 Å². The van der Waals surface area contributed by atoms with E-state index >= 15 is 0 Å². The summed E-state index contributed by atoms with van der Waals surface area (Å²) in [4.78, 5) is 8.00. The predicted molar refractivity (Wildman–Crippen MR) is 150 cm³/mol. The van der Waals surface area contributed by atoms with Gasteiger partial charge in [0.25, 0.3) is 0 Å². The Kier molecular flexibility index (Phi) is 8.72. The second-order valence-electron chi connectivity index (χ2n) is 11.7. The van der Waals surface area contributed by atoms with E-state index in [1.54, 1.807) is 11.8 Å². The largest absolute Gasteiger partial charge is 0.506 e. The lowest BCUT2D eigenvalue weighted by Crippen LogP contribution is -2.26. The standard InChI is InChI=1S/C31H42N2OS/c1-22-15-23(2)17-24(16-22)20-33(21-26-11-9-10-12-32-26)13-14-35-28-19-25(30(3,4)5)18-27(29(28)34)31(6,7)8/h9-12,15-19,34H,13-14,20-21H2,1-8H3. The molecule has 188 valence electrons. The summed E-state index contributed by atoms with van der Waals surface area (Å²) in [5, 5.41) is 11.2. The van der Waals surface area contributed by atoms with E-state index in [0.29, 0.717) is 5.75 Å². The van der Waals surface area contributed by atoms with Gasteiger partial charge in [-0.1, -0.05) is 83.0 Å². The summed E-state index contributed by atoms with van der Waals surface area (Å²) in [5.41, 5.74) is 7.20. The third-order valence-electron chi connectivity index (χ3n) is 6.21. The molecule has 0 radical (unpaired) electrons. The highest BCUT2D eigenvalue weighted by Gasteiger charge is 2.25.